The van der Waals surface area contributed by atoms with E-state index in [2.05, 4.69) is 20.9 Å². The van der Waals surface area contributed by atoms with E-state index in [4.69, 9.17) is 11.6 Å². The van der Waals surface area contributed by atoms with E-state index in [-0.39, 0.29) is 17.7 Å². The van der Waals surface area contributed by atoms with E-state index < -0.39 is 23.9 Å². The number of anilines is 2. The van der Waals surface area contributed by atoms with Crippen molar-refractivity contribution in [3.63, 3.8) is 0 Å². The first-order valence-corrected chi connectivity index (χ1v) is 12.2. The van der Waals surface area contributed by atoms with Crippen molar-refractivity contribution in [1.82, 2.24) is 10.3 Å². The molecule has 9 heteroatoms. The molecule has 1 heterocycles. The van der Waals surface area contributed by atoms with Crippen LogP contribution in [0.5, 0.6) is 0 Å². The third kappa shape index (κ3) is 5.30. The van der Waals surface area contributed by atoms with Gasteiger partial charge in [0.15, 0.2) is 0 Å². The van der Waals surface area contributed by atoms with E-state index in [0.717, 1.165) is 27.2 Å². The third-order valence-corrected chi connectivity index (χ3v) is 6.53. The molecule has 0 spiro atoms. The highest BCUT2D eigenvalue weighted by atomic mass is 35.5. The van der Waals surface area contributed by atoms with Crippen molar-refractivity contribution in [1.29, 1.82) is 0 Å². The van der Waals surface area contributed by atoms with Gasteiger partial charge in [0.1, 0.15) is 6.04 Å². The summed E-state index contributed by atoms with van der Waals surface area (Å²) in [6.07, 6.45) is 1.82. The first-order chi connectivity index (χ1) is 18.4. The van der Waals surface area contributed by atoms with Gasteiger partial charge in [-0.1, -0.05) is 66.2 Å². The average Bonchev–Trinajstić information content (AvgIpc) is 3.32. The Morgan fingerprint density at radius 3 is 2.26 bits per heavy atom. The van der Waals surface area contributed by atoms with Crippen LogP contribution in [0.1, 0.15) is 15.9 Å². The molecular formula is C29H23ClN4O4. The normalized spacial score (nSPS) is 11.7. The van der Waals surface area contributed by atoms with Gasteiger partial charge in [-0.15, -0.1) is 0 Å². The predicted molar refractivity (Wildman–Crippen MR) is 149 cm³/mol. The number of aliphatic carboxylic acids is 1. The number of aromatic amines is 1. The van der Waals surface area contributed by atoms with Crippen LogP contribution in [-0.4, -0.2) is 34.0 Å². The molecule has 4 aromatic carbocycles. The summed E-state index contributed by atoms with van der Waals surface area (Å²) in [5.74, 6) is -1.80. The fourth-order valence-electron chi connectivity index (χ4n) is 4.33. The second-order valence-corrected chi connectivity index (χ2v) is 9.14. The third-order valence-electron chi connectivity index (χ3n) is 6.20. The highest BCUT2D eigenvalue weighted by Gasteiger charge is 2.24. The summed E-state index contributed by atoms with van der Waals surface area (Å²) >= 11 is 6.15. The Morgan fingerprint density at radius 2 is 1.50 bits per heavy atom. The van der Waals surface area contributed by atoms with Crippen LogP contribution >= 0.6 is 11.6 Å². The molecule has 8 nitrogen and oxygen atoms in total. The number of rotatable bonds is 7. The lowest BCUT2D eigenvalue weighted by Gasteiger charge is -2.17. The van der Waals surface area contributed by atoms with E-state index in [1.807, 2.05) is 48.5 Å². The lowest BCUT2D eigenvalue weighted by atomic mass is 10.0. The maximum atomic E-state index is 13.4. The topological polar surface area (TPSA) is 123 Å². The molecule has 0 unspecified atom stereocenters. The fourth-order valence-corrected chi connectivity index (χ4v) is 4.51. The summed E-state index contributed by atoms with van der Waals surface area (Å²) in [6.45, 7) is 0. The number of para-hydroxylation sites is 2. The molecule has 0 saturated carbocycles. The number of fused-ring (bicyclic) bond motifs is 2. The van der Waals surface area contributed by atoms with Crippen LogP contribution in [0.25, 0.3) is 21.7 Å². The van der Waals surface area contributed by atoms with Crippen molar-refractivity contribution < 1.29 is 19.5 Å². The van der Waals surface area contributed by atoms with Crippen molar-refractivity contribution in [3.05, 3.63) is 107 Å². The van der Waals surface area contributed by atoms with Gasteiger partial charge in [-0.2, -0.15) is 0 Å². The van der Waals surface area contributed by atoms with Crippen molar-refractivity contribution in [2.45, 2.75) is 12.5 Å². The molecule has 0 bridgehead atoms. The van der Waals surface area contributed by atoms with Gasteiger partial charge in [0.25, 0.3) is 5.91 Å². The molecule has 1 aromatic heterocycles. The number of carbonyl (C=O) groups is 3. The summed E-state index contributed by atoms with van der Waals surface area (Å²) in [4.78, 5) is 41.5. The van der Waals surface area contributed by atoms with Crippen LogP contribution in [0.15, 0.2) is 91.1 Å². The van der Waals surface area contributed by atoms with E-state index >= 15 is 0 Å². The molecule has 190 valence electrons. The van der Waals surface area contributed by atoms with Crippen LogP contribution < -0.4 is 16.0 Å². The number of urea groups is 1. The molecule has 0 aliphatic carbocycles. The average molecular weight is 527 g/mol. The summed E-state index contributed by atoms with van der Waals surface area (Å²) in [5.41, 5.74) is 2.40. The van der Waals surface area contributed by atoms with Crippen LogP contribution in [0.2, 0.25) is 5.02 Å². The lowest BCUT2D eigenvalue weighted by Crippen LogP contribution is -2.42. The van der Waals surface area contributed by atoms with E-state index in [1.165, 1.54) is 0 Å². The number of amides is 3. The van der Waals surface area contributed by atoms with E-state index in [0.29, 0.717) is 10.7 Å². The number of aromatic nitrogens is 1. The molecule has 0 aliphatic heterocycles. The van der Waals surface area contributed by atoms with Crippen LogP contribution in [-0.2, 0) is 11.2 Å². The molecule has 38 heavy (non-hydrogen) atoms. The first-order valence-electron chi connectivity index (χ1n) is 11.8. The molecule has 0 radical (unpaired) electrons. The van der Waals surface area contributed by atoms with Crippen LogP contribution in [0.3, 0.4) is 0 Å². The summed E-state index contributed by atoms with van der Waals surface area (Å²) in [6, 6.07) is 23.2. The highest BCUT2D eigenvalue weighted by Crippen LogP contribution is 2.26. The molecule has 1 atom stereocenters. The molecule has 3 amide bonds. The van der Waals surface area contributed by atoms with Crippen molar-refractivity contribution in [3.8, 4) is 0 Å². The minimum Gasteiger partial charge on any atom is -0.480 e. The maximum absolute atomic E-state index is 13.4. The Bertz CT molecular complexity index is 1680. The van der Waals surface area contributed by atoms with Gasteiger partial charge in [0.2, 0.25) is 0 Å². The number of nitrogens with one attached hydrogen (secondary N) is 4. The number of H-pyrrole nitrogens is 1. The standard InChI is InChI=1S/C29H23ClN4O4/c30-22-10-4-6-12-24(22)33-29(38)34-25-14-18-8-2-1-7-17(18)13-21(25)27(35)32-26(28(36)37)15-19-16-31-23-11-5-3-9-20(19)23/h1-14,16,26,31H,15H2,(H,32,35)(H,36,37)(H2,33,34,38)/t26-/m0/s1. The number of carboxylic acid groups (broad SMARTS) is 1. The lowest BCUT2D eigenvalue weighted by molar-refractivity contribution is -0.139. The Morgan fingerprint density at radius 1 is 0.842 bits per heavy atom. The monoisotopic (exact) mass is 526 g/mol. The minimum absolute atomic E-state index is 0.0778. The van der Waals surface area contributed by atoms with Crippen molar-refractivity contribution >= 4 is 62.6 Å². The van der Waals surface area contributed by atoms with Crippen LogP contribution in [0.4, 0.5) is 16.2 Å². The molecule has 0 fully saturated rings. The predicted octanol–water partition coefficient (Wildman–Crippen LogP) is 6.04. The zero-order valence-corrected chi connectivity index (χ0v) is 20.8. The number of hydrogen-bond acceptors (Lipinski definition) is 3. The zero-order chi connectivity index (χ0) is 26.6. The Hall–Kier alpha value is -4.82. The Labute approximate surface area is 222 Å². The molecule has 0 aliphatic rings. The Balaban J connectivity index is 1.42. The van der Waals surface area contributed by atoms with Crippen LogP contribution in [0, 0.1) is 0 Å². The smallest absolute Gasteiger partial charge is 0.326 e. The van der Waals surface area contributed by atoms with Crippen molar-refractivity contribution in [2.75, 3.05) is 10.6 Å². The highest BCUT2D eigenvalue weighted by molar-refractivity contribution is 6.33. The van der Waals surface area contributed by atoms with E-state index in [1.54, 1.807) is 42.6 Å². The molecule has 5 rings (SSSR count). The number of hydrogen-bond donors (Lipinski definition) is 5. The maximum Gasteiger partial charge on any atom is 0.326 e. The van der Waals surface area contributed by atoms with E-state index in [9.17, 15) is 19.5 Å². The quantitative estimate of drug-likeness (QED) is 0.177. The zero-order valence-electron chi connectivity index (χ0n) is 20.0. The second kappa shape index (κ2) is 10.7. The molecule has 5 aromatic rings. The first kappa shape index (κ1) is 24.9. The van der Waals surface area contributed by atoms with Gasteiger partial charge in [0, 0.05) is 23.5 Å². The summed E-state index contributed by atoms with van der Waals surface area (Å²) in [5, 5.41) is 20.7. The van der Waals surface area contributed by atoms with Gasteiger partial charge >= 0.3 is 12.0 Å². The van der Waals surface area contributed by atoms with Gasteiger partial charge in [-0.3, -0.25) is 4.79 Å². The van der Waals surface area contributed by atoms with Crippen molar-refractivity contribution in [2.24, 2.45) is 0 Å². The second-order valence-electron chi connectivity index (χ2n) is 8.73. The number of carboxylic acids is 1. The fraction of sp³-hybridized carbons (Fsp3) is 0.0690. The SMILES string of the molecule is O=C(Nc1ccccc1Cl)Nc1cc2ccccc2cc1C(=O)N[C@@H](Cc1c[nH]c2ccccc12)C(=O)O. The number of halogens is 1. The molecule has 5 N–H and O–H groups in total. The van der Waals surface area contributed by atoms with Gasteiger partial charge in [-0.05, 0) is 46.7 Å². The van der Waals surface area contributed by atoms with Gasteiger partial charge < -0.3 is 26.0 Å². The molecular weight excluding hydrogens is 504 g/mol. The minimum atomic E-state index is -1.20. The van der Waals surface area contributed by atoms with Gasteiger partial charge in [0.05, 0.1) is 22.0 Å². The number of carbonyl (C=O) groups excluding carboxylic acids is 2. The summed E-state index contributed by atoms with van der Waals surface area (Å²) < 4.78 is 0. The summed E-state index contributed by atoms with van der Waals surface area (Å²) in [7, 11) is 0. The Kier molecular flexibility index (Phi) is 6.97. The number of benzene rings is 4. The largest absolute Gasteiger partial charge is 0.480 e. The molecule has 0 saturated heterocycles. The van der Waals surface area contributed by atoms with Gasteiger partial charge in [-0.25, -0.2) is 9.59 Å².